The van der Waals surface area contributed by atoms with E-state index in [0.29, 0.717) is 23.7 Å². The summed E-state index contributed by atoms with van der Waals surface area (Å²) in [6.45, 7) is 4.57. The van der Waals surface area contributed by atoms with Gasteiger partial charge >= 0.3 is 0 Å². The Hall–Kier alpha value is -2.18. The lowest BCUT2D eigenvalue weighted by molar-refractivity contribution is 0.553. The van der Waals surface area contributed by atoms with Crippen molar-refractivity contribution in [1.82, 2.24) is 5.32 Å². The molecule has 0 aliphatic heterocycles. The Kier molecular flexibility index (Phi) is 4.49. The first-order valence-electron chi connectivity index (χ1n) is 6.62. The largest absolute Gasteiger partial charge is 0.310 e. The van der Waals surface area contributed by atoms with E-state index in [4.69, 9.17) is 5.26 Å². The highest BCUT2D eigenvalue weighted by molar-refractivity contribution is 5.65. The predicted molar refractivity (Wildman–Crippen MR) is 78.5 cm³/mol. The standard InChI is InChI=1S/C17H17FN2/c1-12(2)20-11-16-7-6-15(9-17(16)18)14-5-3-4-13(8-14)10-19/h3-9,12,20H,11H2,1-2H3. The van der Waals surface area contributed by atoms with Gasteiger partial charge in [0.15, 0.2) is 0 Å². The van der Waals surface area contributed by atoms with Crippen molar-refractivity contribution in [1.29, 1.82) is 5.26 Å². The molecule has 2 rings (SSSR count). The molecular formula is C17H17FN2. The molecule has 2 aromatic rings. The molecule has 1 N–H and O–H groups in total. The van der Waals surface area contributed by atoms with Crippen LogP contribution in [0, 0.1) is 17.1 Å². The molecule has 0 unspecified atom stereocenters. The minimum atomic E-state index is -0.224. The van der Waals surface area contributed by atoms with Crippen LogP contribution in [0.4, 0.5) is 4.39 Å². The molecule has 2 nitrogen and oxygen atoms in total. The molecule has 0 spiro atoms. The first-order chi connectivity index (χ1) is 9.60. The molecule has 0 fully saturated rings. The van der Waals surface area contributed by atoms with Gasteiger partial charge in [-0.2, -0.15) is 5.26 Å². The number of hydrogen-bond donors (Lipinski definition) is 1. The van der Waals surface area contributed by atoms with Gasteiger partial charge in [-0.25, -0.2) is 4.39 Å². The SMILES string of the molecule is CC(C)NCc1ccc(-c2cccc(C#N)c2)cc1F. The summed E-state index contributed by atoms with van der Waals surface area (Å²) in [5, 5.41) is 12.1. The Balaban J connectivity index is 2.26. The number of halogens is 1. The van der Waals surface area contributed by atoms with Crippen LogP contribution in [0.15, 0.2) is 42.5 Å². The van der Waals surface area contributed by atoms with E-state index in [-0.39, 0.29) is 5.82 Å². The molecule has 0 bridgehead atoms. The maximum absolute atomic E-state index is 14.1. The molecule has 2 aromatic carbocycles. The van der Waals surface area contributed by atoms with Crippen LogP contribution in [0.5, 0.6) is 0 Å². The normalized spacial score (nSPS) is 10.6. The molecule has 0 amide bonds. The number of nitrogens with one attached hydrogen (secondary N) is 1. The van der Waals surface area contributed by atoms with E-state index in [1.165, 1.54) is 6.07 Å². The van der Waals surface area contributed by atoms with Crippen molar-refractivity contribution in [2.45, 2.75) is 26.4 Å². The molecule has 0 radical (unpaired) electrons. The highest BCUT2D eigenvalue weighted by atomic mass is 19.1. The fourth-order valence-corrected chi connectivity index (χ4v) is 1.95. The van der Waals surface area contributed by atoms with Gasteiger partial charge in [-0.1, -0.05) is 38.1 Å². The zero-order valence-corrected chi connectivity index (χ0v) is 11.7. The Morgan fingerprint density at radius 2 is 1.90 bits per heavy atom. The van der Waals surface area contributed by atoms with Crippen LogP contribution in [-0.2, 0) is 6.54 Å². The Labute approximate surface area is 118 Å². The van der Waals surface area contributed by atoms with Crippen LogP contribution in [0.1, 0.15) is 25.0 Å². The third-order valence-corrected chi connectivity index (χ3v) is 3.08. The van der Waals surface area contributed by atoms with Crippen LogP contribution >= 0.6 is 0 Å². The van der Waals surface area contributed by atoms with Crippen LogP contribution in [0.2, 0.25) is 0 Å². The first-order valence-corrected chi connectivity index (χ1v) is 6.62. The summed E-state index contributed by atoms with van der Waals surface area (Å²) in [5.74, 6) is -0.224. The average Bonchev–Trinajstić information content (AvgIpc) is 2.46. The third-order valence-electron chi connectivity index (χ3n) is 3.08. The van der Waals surface area contributed by atoms with Crippen LogP contribution < -0.4 is 5.32 Å². The maximum Gasteiger partial charge on any atom is 0.128 e. The lowest BCUT2D eigenvalue weighted by Crippen LogP contribution is -2.22. The van der Waals surface area contributed by atoms with Crippen molar-refractivity contribution >= 4 is 0 Å². The highest BCUT2D eigenvalue weighted by Gasteiger charge is 2.06. The number of hydrogen-bond acceptors (Lipinski definition) is 2. The van der Waals surface area contributed by atoms with Gasteiger partial charge in [0.2, 0.25) is 0 Å². The second-order valence-electron chi connectivity index (χ2n) is 5.03. The molecule has 0 atom stereocenters. The number of benzene rings is 2. The molecule has 0 saturated heterocycles. The van der Waals surface area contributed by atoms with Crippen molar-refractivity contribution < 1.29 is 4.39 Å². The molecule has 0 saturated carbocycles. The molecule has 0 heterocycles. The summed E-state index contributed by atoms with van der Waals surface area (Å²) in [6, 6.07) is 14.8. The van der Waals surface area contributed by atoms with Crippen molar-refractivity contribution in [3.05, 3.63) is 59.4 Å². The van der Waals surface area contributed by atoms with Gasteiger partial charge in [0.25, 0.3) is 0 Å². The minimum absolute atomic E-state index is 0.224. The molecule has 20 heavy (non-hydrogen) atoms. The van der Waals surface area contributed by atoms with Gasteiger partial charge < -0.3 is 5.32 Å². The summed E-state index contributed by atoms with van der Waals surface area (Å²) < 4.78 is 14.1. The van der Waals surface area contributed by atoms with E-state index < -0.39 is 0 Å². The lowest BCUT2D eigenvalue weighted by Gasteiger charge is -2.10. The molecular weight excluding hydrogens is 251 g/mol. The van der Waals surface area contributed by atoms with Crippen LogP contribution in [0.25, 0.3) is 11.1 Å². The van der Waals surface area contributed by atoms with Gasteiger partial charge in [-0.3, -0.25) is 0 Å². The zero-order chi connectivity index (χ0) is 14.5. The second kappa shape index (κ2) is 6.31. The Bertz CT molecular complexity index is 642. The minimum Gasteiger partial charge on any atom is -0.310 e. The summed E-state index contributed by atoms with van der Waals surface area (Å²) in [7, 11) is 0. The highest BCUT2D eigenvalue weighted by Crippen LogP contribution is 2.23. The number of rotatable bonds is 4. The van der Waals surface area contributed by atoms with Crippen molar-refractivity contribution in [2.24, 2.45) is 0 Å². The van der Waals surface area contributed by atoms with Crippen LogP contribution in [0.3, 0.4) is 0 Å². The van der Waals surface area contributed by atoms with E-state index in [1.807, 2.05) is 26.0 Å². The monoisotopic (exact) mass is 268 g/mol. The molecule has 102 valence electrons. The maximum atomic E-state index is 14.1. The van der Waals surface area contributed by atoms with Crippen LogP contribution in [-0.4, -0.2) is 6.04 Å². The van der Waals surface area contributed by atoms with Crippen molar-refractivity contribution in [3.63, 3.8) is 0 Å². The number of nitrogens with zero attached hydrogens (tertiary/aromatic N) is 1. The number of nitriles is 1. The third kappa shape index (κ3) is 3.43. The predicted octanol–water partition coefficient (Wildman–Crippen LogP) is 3.86. The van der Waals surface area contributed by atoms with Gasteiger partial charge in [-0.15, -0.1) is 0 Å². The Morgan fingerprint density at radius 3 is 2.55 bits per heavy atom. The Morgan fingerprint density at radius 1 is 1.15 bits per heavy atom. The van der Waals surface area contributed by atoms with Gasteiger partial charge in [-0.05, 0) is 29.3 Å². The van der Waals surface area contributed by atoms with Crippen molar-refractivity contribution in [2.75, 3.05) is 0 Å². The summed E-state index contributed by atoms with van der Waals surface area (Å²) in [6.07, 6.45) is 0. The van der Waals surface area contributed by atoms with Gasteiger partial charge in [0, 0.05) is 18.2 Å². The van der Waals surface area contributed by atoms with Gasteiger partial charge in [0.05, 0.1) is 11.6 Å². The zero-order valence-electron chi connectivity index (χ0n) is 11.7. The topological polar surface area (TPSA) is 35.8 Å². The fourth-order valence-electron chi connectivity index (χ4n) is 1.95. The molecule has 0 aromatic heterocycles. The molecule has 3 heteroatoms. The van der Waals surface area contributed by atoms with E-state index in [1.54, 1.807) is 24.3 Å². The summed E-state index contributed by atoms with van der Waals surface area (Å²) in [5.41, 5.74) is 2.87. The average molecular weight is 268 g/mol. The van der Waals surface area contributed by atoms with E-state index >= 15 is 0 Å². The van der Waals surface area contributed by atoms with Crippen molar-refractivity contribution in [3.8, 4) is 17.2 Å². The molecule has 0 aliphatic carbocycles. The summed E-state index contributed by atoms with van der Waals surface area (Å²) >= 11 is 0. The van der Waals surface area contributed by atoms with E-state index in [0.717, 1.165) is 11.1 Å². The second-order valence-corrected chi connectivity index (χ2v) is 5.03. The van der Waals surface area contributed by atoms with E-state index in [2.05, 4.69) is 11.4 Å². The van der Waals surface area contributed by atoms with Gasteiger partial charge in [0.1, 0.15) is 5.82 Å². The van der Waals surface area contributed by atoms with E-state index in [9.17, 15) is 4.39 Å². The quantitative estimate of drug-likeness (QED) is 0.914. The fraction of sp³-hybridized carbons (Fsp3) is 0.235. The smallest absolute Gasteiger partial charge is 0.128 e. The molecule has 0 aliphatic rings. The lowest BCUT2D eigenvalue weighted by atomic mass is 10.0. The first kappa shape index (κ1) is 14.2. The summed E-state index contributed by atoms with van der Waals surface area (Å²) in [4.78, 5) is 0.